The molecule has 154 valence electrons. The summed E-state index contributed by atoms with van der Waals surface area (Å²) < 4.78 is 41.3. The Labute approximate surface area is 179 Å². The third-order valence-electron chi connectivity index (χ3n) is 4.24. The first-order valence-electron chi connectivity index (χ1n) is 8.42. The molecule has 0 aliphatic rings. The maximum absolute atomic E-state index is 13.1. The van der Waals surface area contributed by atoms with Gasteiger partial charge >= 0.3 is 0 Å². The highest BCUT2D eigenvalue weighted by Crippen LogP contribution is 2.31. The maximum Gasteiger partial charge on any atom is 0.241 e. The predicted octanol–water partition coefficient (Wildman–Crippen LogP) is 3.81. The molecule has 29 heavy (non-hydrogen) atoms. The zero-order valence-electron chi connectivity index (χ0n) is 15.9. The lowest BCUT2D eigenvalue weighted by Gasteiger charge is -2.20. The van der Waals surface area contributed by atoms with Crippen molar-refractivity contribution in [1.82, 2.24) is 14.3 Å². The molecule has 2 aromatic carbocycles. The second-order valence-corrected chi connectivity index (χ2v) is 8.79. The van der Waals surface area contributed by atoms with Gasteiger partial charge in [-0.05, 0) is 35.9 Å². The van der Waals surface area contributed by atoms with E-state index in [1.165, 1.54) is 32.4 Å². The minimum atomic E-state index is -3.99. The summed E-state index contributed by atoms with van der Waals surface area (Å²) in [6, 6.07) is 8.44. The molecule has 1 unspecified atom stereocenters. The second-order valence-electron chi connectivity index (χ2n) is 6.20. The number of methoxy groups -OCH3 is 2. The smallest absolute Gasteiger partial charge is 0.241 e. The number of sulfonamides is 1. The Hall–Kier alpha value is -2.26. The van der Waals surface area contributed by atoms with Crippen LogP contribution in [0.1, 0.15) is 17.4 Å². The zero-order valence-corrected chi connectivity index (χ0v) is 18.2. The summed E-state index contributed by atoms with van der Waals surface area (Å²) in [6.07, 6.45) is 3.31. The Bertz CT molecular complexity index is 1090. The van der Waals surface area contributed by atoms with Crippen LogP contribution >= 0.6 is 23.2 Å². The molecule has 0 radical (unpaired) electrons. The van der Waals surface area contributed by atoms with E-state index in [9.17, 15) is 8.42 Å². The van der Waals surface area contributed by atoms with E-state index in [1.54, 1.807) is 42.2 Å². The van der Waals surface area contributed by atoms with Gasteiger partial charge in [-0.2, -0.15) is 4.72 Å². The molecule has 0 fully saturated rings. The van der Waals surface area contributed by atoms with Crippen LogP contribution < -0.4 is 14.2 Å². The van der Waals surface area contributed by atoms with Crippen LogP contribution in [0.5, 0.6) is 11.5 Å². The monoisotopic (exact) mass is 455 g/mol. The van der Waals surface area contributed by atoms with Gasteiger partial charge in [-0.3, -0.25) is 0 Å². The van der Waals surface area contributed by atoms with E-state index in [4.69, 9.17) is 32.7 Å². The van der Waals surface area contributed by atoms with Gasteiger partial charge in [0.05, 0.1) is 19.1 Å². The fourth-order valence-corrected chi connectivity index (χ4v) is 4.74. The normalized spacial score (nSPS) is 12.6. The molecule has 0 bridgehead atoms. The van der Waals surface area contributed by atoms with E-state index in [-0.39, 0.29) is 14.9 Å². The van der Waals surface area contributed by atoms with Crippen molar-refractivity contribution >= 4 is 33.2 Å². The Morgan fingerprint density at radius 1 is 1.00 bits per heavy atom. The van der Waals surface area contributed by atoms with Crippen LogP contribution in [-0.2, 0) is 17.1 Å². The molecule has 0 spiro atoms. The van der Waals surface area contributed by atoms with Crippen molar-refractivity contribution in [3.63, 3.8) is 0 Å². The van der Waals surface area contributed by atoms with Crippen molar-refractivity contribution in [2.45, 2.75) is 10.9 Å². The van der Waals surface area contributed by atoms with Gasteiger partial charge in [0.1, 0.15) is 23.4 Å². The van der Waals surface area contributed by atoms with Gasteiger partial charge in [0, 0.05) is 35.6 Å². The molecule has 1 heterocycles. The molecule has 3 rings (SSSR count). The number of nitrogens with zero attached hydrogens (tertiary/aromatic N) is 2. The number of hydrogen-bond acceptors (Lipinski definition) is 5. The number of nitrogens with one attached hydrogen (secondary N) is 1. The Morgan fingerprint density at radius 2 is 1.59 bits per heavy atom. The van der Waals surface area contributed by atoms with Gasteiger partial charge in [0.25, 0.3) is 0 Å². The molecule has 1 aromatic heterocycles. The topological polar surface area (TPSA) is 82.4 Å². The summed E-state index contributed by atoms with van der Waals surface area (Å²) in [5.74, 6) is 1.52. The van der Waals surface area contributed by atoms with Crippen LogP contribution in [0.15, 0.2) is 53.7 Å². The van der Waals surface area contributed by atoms with E-state index < -0.39 is 16.1 Å². The summed E-state index contributed by atoms with van der Waals surface area (Å²) in [7, 11) is 0.827. The van der Waals surface area contributed by atoms with Crippen molar-refractivity contribution in [3.8, 4) is 11.5 Å². The van der Waals surface area contributed by atoms with Crippen LogP contribution in [0.3, 0.4) is 0 Å². The zero-order chi connectivity index (χ0) is 21.2. The molecule has 10 heteroatoms. The highest BCUT2D eigenvalue weighted by molar-refractivity contribution is 7.89. The number of rotatable bonds is 7. The van der Waals surface area contributed by atoms with Crippen molar-refractivity contribution in [3.05, 3.63) is 70.2 Å². The van der Waals surface area contributed by atoms with Crippen molar-refractivity contribution in [2.24, 2.45) is 7.05 Å². The minimum absolute atomic E-state index is 0.0518. The van der Waals surface area contributed by atoms with E-state index in [0.29, 0.717) is 22.9 Å². The molecule has 0 saturated carbocycles. The van der Waals surface area contributed by atoms with Gasteiger partial charge in [-0.25, -0.2) is 13.4 Å². The molecule has 3 aromatic rings. The van der Waals surface area contributed by atoms with Gasteiger partial charge in [-0.15, -0.1) is 0 Å². The third-order valence-corrected chi connectivity index (χ3v) is 6.08. The number of aromatic nitrogens is 2. The fourth-order valence-electron chi connectivity index (χ4n) is 2.83. The lowest BCUT2D eigenvalue weighted by Crippen LogP contribution is -2.31. The molecule has 1 N–H and O–H groups in total. The van der Waals surface area contributed by atoms with Gasteiger partial charge < -0.3 is 14.0 Å². The number of ether oxygens (including phenoxy) is 2. The fraction of sp³-hybridized carbons (Fsp3) is 0.211. The van der Waals surface area contributed by atoms with Crippen LogP contribution in [-0.4, -0.2) is 32.2 Å². The molecule has 0 saturated heterocycles. The van der Waals surface area contributed by atoms with Crippen LogP contribution in [0.4, 0.5) is 0 Å². The van der Waals surface area contributed by atoms with E-state index in [2.05, 4.69) is 9.71 Å². The van der Waals surface area contributed by atoms with Gasteiger partial charge in [-0.1, -0.05) is 23.2 Å². The molecule has 0 aliphatic heterocycles. The lowest BCUT2D eigenvalue weighted by atomic mass is 10.1. The number of imidazole rings is 1. The Balaban J connectivity index is 2.12. The Kier molecular flexibility index (Phi) is 6.38. The molecule has 7 nitrogen and oxygen atoms in total. The third kappa shape index (κ3) is 4.84. The minimum Gasteiger partial charge on any atom is -0.497 e. The lowest BCUT2D eigenvalue weighted by molar-refractivity contribution is 0.392. The number of aryl methyl sites for hydroxylation is 1. The molecule has 1 atom stereocenters. The number of benzene rings is 2. The standard InChI is InChI=1S/C19H19Cl2N3O4S/c1-24-5-4-22-19(24)18(12-6-15(27-2)11-16(7-12)28-3)23-29(25,26)17-9-13(20)8-14(21)10-17/h4-11,18,23H,1-3H3. The highest BCUT2D eigenvalue weighted by atomic mass is 35.5. The Morgan fingerprint density at radius 3 is 2.07 bits per heavy atom. The van der Waals surface area contributed by atoms with Crippen molar-refractivity contribution < 1.29 is 17.9 Å². The summed E-state index contributed by atoms with van der Waals surface area (Å²) in [6.45, 7) is 0. The highest BCUT2D eigenvalue weighted by Gasteiger charge is 2.27. The molecule has 0 amide bonds. The first-order chi connectivity index (χ1) is 13.7. The summed E-state index contributed by atoms with van der Waals surface area (Å²) in [4.78, 5) is 4.27. The quantitative estimate of drug-likeness (QED) is 0.585. The number of halogens is 2. The van der Waals surface area contributed by atoms with Gasteiger partial charge in [0.15, 0.2) is 0 Å². The second kappa shape index (κ2) is 8.62. The van der Waals surface area contributed by atoms with E-state index in [0.717, 1.165) is 0 Å². The molecular weight excluding hydrogens is 437 g/mol. The molecular formula is C19H19Cl2N3O4S. The number of hydrogen-bond donors (Lipinski definition) is 1. The molecule has 0 aliphatic carbocycles. The first-order valence-corrected chi connectivity index (χ1v) is 10.7. The first kappa shape index (κ1) is 21.4. The van der Waals surface area contributed by atoms with Crippen LogP contribution in [0.25, 0.3) is 0 Å². The largest absolute Gasteiger partial charge is 0.497 e. The van der Waals surface area contributed by atoms with E-state index in [1.807, 2.05) is 0 Å². The summed E-state index contributed by atoms with van der Waals surface area (Å²) in [5, 5.41) is 0.434. The van der Waals surface area contributed by atoms with Crippen molar-refractivity contribution in [2.75, 3.05) is 14.2 Å². The maximum atomic E-state index is 13.1. The predicted molar refractivity (Wildman–Crippen MR) is 111 cm³/mol. The summed E-state index contributed by atoms with van der Waals surface area (Å²) >= 11 is 12.0. The SMILES string of the molecule is COc1cc(OC)cc(C(NS(=O)(=O)c2cc(Cl)cc(Cl)c2)c2nccn2C)c1. The van der Waals surface area contributed by atoms with Crippen molar-refractivity contribution in [1.29, 1.82) is 0 Å². The average Bonchev–Trinajstić information content (AvgIpc) is 3.10. The van der Waals surface area contributed by atoms with Gasteiger partial charge in [0.2, 0.25) is 10.0 Å². The van der Waals surface area contributed by atoms with E-state index >= 15 is 0 Å². The van der Waals surface area contributed by atoms with Crippen LogP contribution in [0.2, 0.25) is 10.0 Å². The average molecular weight is 456 g/mol. The van der Waals surface area contributed by atoms with Crippen LogP contribution in [0, 0.1) is 0 Å². The summed E-state index contributed by atoms with van der Waals surface area (Å²) in [5.41, 5.74) is 0.590.